The number of rotatable bonds is 16. The molecular formula is C39H51FO2. The van der Waals surface area contributed by atoms with Gasteiger partial charge in [0.1, 0.15) is 17.3 Å². The molecule has 42 heavy (non-hydrogen) atoms. The minimum absolute atomic E-state index is 0.176. The van der Waals surface area contributed by atoms with Crippen LogP contribution in [-0.2, 0) is 19.3 Å². The first kappa shape index (κ1) is 30.6. The summed E-state index contributed by atoms with van der Waals surface area (Å²) in [5.41, 5.74) is 5.17. The second kappa shape index (κ2) is 15.1. The van der Waals surface area contributed by atoms with Crippen LogP contribution in [0.15, 0.2) is 66.7 Å². The quantitative estimate of drug-likeness (QED) is 0.174. The van der Waals surface area contributed by atoms with E-state index in [9.17, 15) is 9.50 Å². The molecule has 0 bridgehead atoms. The van der Waals surface area contributed by atoms with Crippen LogP contribution < -0.4 is 4.74 Å². The Morgan fingerprint density at radius 1 is 0.857 bits per heavy atom. The van der Waals surface area contributed by atoms with E-state index in [0.29, 0.717) is 17.6 Å². The lowest BCUT2D eigenvalue weighted by atomic mass is 9.70. The fourth-order valence-corrected chi connectivity index (χ4v) is 7.22. The van der Waals surface area contributed by atoms with Crippen molar-refractivity contribution in [2.45, 2.75) is 103 Å². The van der Waals surface area contributed by atoms with E-state index < -0.39 is 0 Å². The predicted molar refractivity (Wildman–Crippen MR) is 172 cm³/mol. The van der Waals surface area contributed by atoms with Gasteiger partial charge >= 0.3 is 0 Å². The first-order valence-corrected chi connectivity index (χ1v) is 16.7. The molecule has 3 aromatic rings. The van der Waals surface area contributed by atoms with Crippen molar-refractivity contribution in [2.24, 2.45) is 23.7 Å². The van der Waals surface area contributed by atoms with Gasteiger partial charge in [-0.25, -0.2) is 4.39 Å². The lowest BCUT2D eigenvalue weighted by molar-refractivity contribution is 0.286. The number of aromatic hydroxyl groups is 1. The van der Waals surface area contributed by atoms with Crippen molar-refractivity contribution >= 4 is 0 Å². The second-order valence-electron chi connectivity index (χ2n) is 13.7. The summed E-state index contributed by atoms with van der Waals surface area (Å²) in [7, 11) is 0. The highest BCUT2D eigenvalue weighted by molar-refractivity contribution is 5.40. The number of phenols is 1. The molecule has 0 radical (unpaired) electrons. The molecule has 0 aromatic heterocycles. The van der Waals surface area contributed by atoms with E-state index in [1.165, 1.54) is 67.2 Å². The number of ether oxygens (including phenoxy) is 1. The average Bonchev–Trinajstić information content (AvgIpc) is 3.81. The molecule has 3 heteroatoms. The third kappa shape index (κ3) is 9.35. The van der Waals surface area contributed by atoms with E-state index in [4.69, 9.17) is 4.74 Å². The predicted octanol–water partition coefficient (Wildman–Crippen LogP) is 10.5. The highest BCUT2D eigenvalue weighted by Crippen LogP contribution is 2.42. The summed E-state index contributed by atoms with van der Waals surface area (Å²) >= 11 is 0. The van der Waals surface area contributed by atoms with Gasteiger partial charge in [-0.2, -0.15) is 0 Å². The average molecular weight is 571 g/mol. The zero-order valence-electron chi connectivity index (χ0n) is 25.9. The Hall–Kier alpha value is -2.81. The topological polar surface area (TPSA) is 29.5 Å². The fraction of sp³-hybridized carbons (Fsp3) is 0.538. The third-order valence-electron chi connectivity index (χ3n) is 9.74. The van der Waals surface area contributed by atoms with Crippen molar-refractivity contribution in [2.75, 3.05) is 6.61 Å². The molecule has 3 unspecified atom stereocenters. The van der Waals surface area contributed by atoms with Gasteiger partial charge in [0, 0.05) is 0 Å². The molecule has 0 heterocycles. The Morgan fingerprint density at radius 2 is 1.62 bits per heavy atom. The van der Waals surface area contributed by atoms with E-state index in [1.807, 2.05) is 24.3 Å². The Bertz CT molecular complexity index is 1230. The molecule has 1 N–H and O–H groups in total. The van der Waals surface area contributed by atoms with Crippen molar-refractivity contribution < 1.29 is 14.2 Å². The van der Waals surface area contributed by atoms with Crippen molar-refractivity contribution in [1.29, 1.82) is 0 Å². The van der Waals surface area contributed by atoms with Crippen LogP contribution in [0, 0.1) is 29.5 Å². The standard InChI is InChI=1S/C39H51FO2/c1-28(2)25-31(9-8-29-6-7-29)5-3-4-24-42-37-21-13-32(14-22-37)26-39-33(15-10-30-11-18-35(40)19-12-30)16-17-34-27-36(41)20-23-38(34)39/h11-14,18-23,27-29,31,33,39,41H,3-10,15-17,24-26H2,1-2H3. The Balaban J connectivity index is 1.13. The summed E-state index contributed by atoms with van der Waals surface area (Å²) in [6.07, 6.45) is 16.0. The number of phenolic OH excluding ortho intramolecular Hbond substituents is 1. The van der Waals surface area contributed by atoms with E-state index in [0.717, 1.165) is 68.6 Å². The smallest absolute Gasteiger partial charge is 0.123 e. The van der Waals surface area contributed by atoms with Crippen molar-refractivity contribution in [3.63, 3.8) is 0 Å². The van der Waals surface area contributed by atoms with Gasteiger partial charge < -0.3 is 9.84 Å². The Kier molecular flexibility index (Phi) is 11.0. The highest BCUT2D eigenvalue weighted by Gasteiger charge is 2.30. The first-order chi connectivity index (χ1) is 20.4. The molecule has 0 aliphatic heterocycles. The molecule has 2 aliphatic carbocycles. The minimum atomic E-state index is -0.176. The van der Waals surface area contributed by atoms with Gasteiger partial charge in [-0.3, -0.25) is 0 Å². The molecule has 2 aliphatic rings. The fourth-order valence-electron chi connectivity index (χ4n) is 7.22. The molecule has 3 aromatic carbocycles. The highest BCUT2D eigenvalue weighted by atomic mass is 19.1. The Morgan fingerprint density at radius 3 is 2.36 bits per heavy atom. The van der Waals surface area contributed by atoms with Gasteiger partial charge in [-0.15, -0.1) is 0 Å². The maximum atomic E-state index is 13.4. The first-order valence-electron chi connectivity index (χ1n) is 16.7. The van der Waals surface area contributed by atoms with E-state index in [1.54, 1.807) is 12.1 Å². The molecule has 2 nitrogen and oxygen atoms in total. The van der Waals surface area contributed by atoms with Crippen LogP contribution in [0.3, 0.4) is 0 Å². The minimum Gasteiger partial charge on any atom is -0.508 e. The molecule has 1 saturated carbocycles. The van der Waals surface area contributed by atoms with Crippen LogP contribution >= 0.6 is 0 Å². The molecule has 226 valence electrons. The van der Waals surface area contributed by atoms with Gasteiger partial charge in [0.25, 0.3) is 0 Å². The van der Waals surface area contributed by atoms with Gasteiger partial charge in [-0.1, -0.05) is 76.3 Å². The SMILES string of the molecule is CC(C)CC(CCCCOc1ccc(CC2c3ccc(O)cc3CCC2CCc2ccc(F)cc2)cc1)CCC1CC1. The van der Waals surface area contributed by atoms with Crippen LogP contribution in [0.25, 0.3) is 0 Å². The van der Waals surface area contributed by atoms with Gasteiger partial charge in [0.2, 0.25) is 0 Å². The lowest BCUT2D eigenvalue weighted by Crippen LogP contribution is -2.23. The summed E-state index contributed by atoms with van der Waals surface area (Å²) in [4.78, 5) is 0. The number of hydrogen-bond donors (Lipinski definition) is 1. The number of benzene rings is 3. The van der Waals surface area contributed by atoms with E-state index in [-0.39, 0.29) is 5.82 Å². The Labute approximate surface area is 253 Å². The van der Waals surface area contributed by atoms with Crippen LogP contribution in [-0.4, -0.2) is 11.7 Å². The van der Waals surface area contributed by atoms with E-state index in [2.05, 4.69) is 44.2 Å². The number of hydrogen-bond acceptors (Lipinski definition) is 2. The van der Waals surface area contributed by atoms with Crippen molar-refractivity contribution in [1.82, 2.24) is 0 Å². The van der Waals surface area contributed by atoms with Crippen molar-refractivity contribution in [3.8, 4) is 11.5 Å². The maximum Gasteiger partial charge on any atom is 0.123 e. The van der Waals surface area contributed by atoms with Gasteiger partial charge in [0.05, 0.1) is 6.61 Å². The molecule has 5 rings (SSSR count). The number of halogens is 1. The number of fused-ring (bicyclic) bond motifs is 1. The summed E-state index contributed by atoms with van der Waals surface area (Å²) in [5, 5.41) is 10.1. The summed E-state index contributed by atoms with van der Waals surface area (Å²) in [5.74, 6) is 4.82. The number of aryl methyl sites for hydroxylation is 2. The molecular weight excluding hydrogens is 519 g/mol. The maximum absolute atomic E-state index is 13.4. The lowest BCUT2D eigenvalue weighted by Gasteiger charge is -2.34. The summed E-state index contributed by atoms with van der Waals surface area (Å²) < 4.78 is 19.6. The van der Waals surface area contributed by atoms with Crippen LogP contribution in [0.1, 0.15) is 106 Å². The van der Waals surface area contributed by atoms with E-state index >= 15 is 0 Å². The molecule has 0 amide bonds. The largest absolute Gasteiger partial charge is 0.508 e. The van der Waals surface area contributed by atoms with Gasteiger partial charge in [0.15, 0.2) is 0 Å². The summed E-state index contributed by atoms with van der Waals surface area (Å²) in [6.45, 7) is 5.52. The monoisotopic (exact) mass is 570 g/mol. The van der Waals surface area contributed by atoms with Crippen molar-refractivity contribution in [3.05, 3.63) is 94.8 Å². The third-order valence-corrected chi connectivity index (χ3v) is 9.74. The van der Waals surface area contributed by atoms with Gasteiger partial charge in [-0.05, 0) is 140 Å². The molecule has 1 fully saturated rings. The number of unbranched alkanes of at least 4 members (excludes halogenated alkanes) is 1. The molecule has 0 spiro atoms. The molecule has 3 atom stereocenters. The molecule has 0 saturated heterocycles. The zero-order chi connectivity index (χ0) is 29.3. The zero-order valence-corrected chi connectivity index (χ0v) is 25.9. The summed E-state index contributed by atoms with van der Waals surface area (Å²) in [6, 6.07) is 21.6. The van der Waals surface area contributed by atoms with Crippen LogP contribution in [0.4, 0.5) is 4.39 Å². The second-order valence-corrected chi connectivity index (χ2v) is 13.7. The van der Waals surface area contributed by atoms with Crippen LogP contribution in [0.2, 0.25) is 0 Å². The van der Waals surface area contributed by atoms with Crippen LogP contribution in [0.5, 0.6) is 11.5 Å². The normalized spacial score (nSPS) is 19.0.